The summed E-state index contributed by atoms with van der Waals surface area (Å²) in [7, 11) is 0. The molecule has 1 aromatic rings. The van der Waals surface area contributed by atoms with Crippen molar-refractivity contribution >= 4 is 11.6 Å². The lowest BCUT2D eigenvalue weighted by Crippen LogP contribution is -2.12. The molecule has 0 bridgehead atoms. The van der Waals surface area contributed by atoms with Crippen LogP contribution in [0.2, 0.25) is 5.15 Å². The number of aromatic nitrogens is 2. The topological polar surface area (TPSA) is 28.7 Å². The van der Waals surface area contributed by atoms with Crippen LogP contribution in [0.15, 0.2) is 0 Å². The van der Waals surface area contributed by atoms with Crippen LogP contribution in [0.25, 0.3) is 0 Å². The van der Waals surface area contributed by atoms with Crippen molar-refractivity contribution < 1.29 is 0 Å². The minimum absolute atomic E-state index is 0.0775. The van der Waals surface area contributed by atoms with Gasteiger partial charge in [0.05, 0.1) is 5.69 Å². The van der Waals surface area contributed by atoms with Gasteiger partial charge in [-0.3, -0.25) is 5.10 Å². The van der Waals surface area contributed by atoms with Crippen LogP contribution in [-0.2, 0) is 5.41 Å². The molecule has 3 heteroatoms. The lowest BCUT2D eigenvalue weighted by molar-refractivity contribution is 0.587. The molecule has 0 atom stereocenters. The van der Waals surface area contributed by atoms with Gasteiger partial charge in [0.1, 0.15) is 5.15 Å². The van der Waals surface area contributed by atoms with Crippen LogP contribution in [0.1, 0.15) is 32.0 Å². The highest BCUT2D eigenvalue weighted by Crippen LogP contribution is 2.29. The number of hydrogen-bond acceptors (Lipinski definition) is 1. The van der Waals surface area contributed by atoms with Crippen molar-refractivity contribution in [3.8, 4) is 0 Å². The van der Waals surface area contributed by atoms with Gasteiger partial charge < -0.3 is 0 Å². The Hall–Kier alpha value is -0.500. The van der Waals surface area contributed by atoms with Gasteiger partial charge in [-0.15, -0.1) is 0 Å². The Kier molecular flexibility index (Phi) is 1.97. The molecule has 2 nitrogen and oxygen atoms in total. The van der Waals surface area contributed by atoms with Crippen molar-refractivity contribution in [2.75, 3.05) is 0 Å². The van der Waals surface area contributed by atoms with E-state index in [-0.39, 0.29) is 5.41 Å². The summed E-state index contributed by atoms with van der Waals surface area (Å²) >= 11 is 5.91. The van der Waals surface area contributed by atoms with E-state index in [0.29, 0.717) is 5.15 Å². The summed E-state index contributed by atoms with van der Waals surface area (Å²) in [5.74, 6) is 0. The zero-order chi connectivity index (χ0) is 8.65. The van der Waals surface area contributed by atoms with E-state index in [1.165, 1.54) is 0 Å². The van der Waals surface area contributed by atoms with Crippen LogP contribution in [-0.4, -0.2) is 10.2 Å². The van der Waals surface area contributed by atoms with E-state index in [1.54, 1.807) is 0 Å². The summed E-state index contributed by atoms with van der Waals surface area (Å²) in [4.78, 5) is 0. The second-order valence-electron chi connectivity index (χ2n) is 3.75. The Morgan fingerprint density at radius 3 is 2.09 bits per heavy atom. The van der Waals surface area contributed by atoms with Crippen LogP contribution in [0.5, 0.6) is 0 Å². The predicted molar refractivity (Wildman–Crippen MR) is 47.0 cm³/mol. The third-order valence-corrected chi connectivity index (χ3v) is 1.93. The monoisotopic (exact) mass is 172 g/mol. The molecule has 1 N–H and O–H groups in total. The van der Waals surface area contributed by atoms with Crippen molar-refractivity contribution in [2.45, 2.75) is 33.1 Å². The van der Waals surface area contributed by atoms with Crippen LogP contribution in [0.4, 0.5) is 0 Å². The molecule has 0 aliphatic heterocycles. The van der Waals surface area contributed by atoms with Gasteiger partial charge in [0.2, 0.25) is 0 Å². The molecule has 11 heavy (non-hydrogen) atoms. The fourth-order valence-corrected chi connectivity index (χ4v) is 1.74. The van der Waals surface area contributed by atoms with Gasteiger partial charge >= 0.3 is 0 Å². The molecular weight excluding hydrogens is 160 g/mol. The quantitative estimate of drug-likeness (QED) is 0.641. The van der Waals surface area contributed by atoms with Crippen LogP contribution >= 0.6 is 11.6 Å². The Balaban J connectivity index is 3.21. The molecule has 1 aromatic heterocycles. The molecule has 0 aliphatic carbocycles. The number of aryl methyl sites for hydroxylation is 1. The second kappa shape index (κ2) is 2.52. The highest BCUT2D eigenvalue weighted by atomic mass is 35.5. The van der Waals surface area contributed by atoms with E-state index in [4.69, 9.17) is 11.6 Å². The molecular formula is C8H13ClN2. The molecule has 0 radical (unpaired) electrons. The number of aromatic amines is 1. The van der Waals surface area contributed by atoms with E-state index < -0.39 is 0 Å². The first-order chi connectivity index (χ1) is 4.93. The zero-order valence-corrected chi connectivity index (χ0v) is 8.08. The molecule has 1 rings (SSSR count). The summed E-state index contributed by atoms with van der Waals surface area (Å²) in [5.41, 5.74) is 2.18. The molecule has 1 heterocycles. The first kappa shape index (κ1) is 8.60. The second-order valence-corrected chi connectivity index (χ2v) is 4.13. The third-order valence-electron chi connectivity index (χ3n) is 1.65. The molecule has 0 aromatic carbocycles. The van der Waals surface area contributed by atoms with E-state index in [0.717, 1.165) is 11.3 Å². The average Bonchev–Trinajstić information content (AvgIpc) is 2.08. The van der Waals surface area contributed by atoms with E-state index in [9.17, 15) is 0 Å². The van der Waals surface area contributed by atoms with Gasteiger partial charge in [0.25, 0.3) is 0 Å². The Labute approximate surface area is 72.0 Å². The number of nitrogens with zero attached hydrogens (tertiary/aromatic N) is 1. The average molecular weight is 173 g/mol. The maximum Gasteiger partial charge on any atom is 0.128 e. The van der Waals surface area contributed by atoms with Crippen molar-refractivity contribution in [2.24, 2.45) is 0 Å². The molecule has 0 unspecified atom stereocenters. The van der Waals surface area contributed by atoms with E-state index in [1.807, 2.05) is 6.92 Å². The van der Waals surface area contributed by atoms with Crippen molar-refractivity contribution in [3.63, 3.8) is 0 Å². The fraction of sp³-hybridized carbons (Fsp3) is 0.625. The van der Waals surface area contributed by atoms with E-state index in [2.05, 4.69) is 31.0 Å². The molecule has 0 spiro atoms. The lowest BCUT2D eigenvalue weighted by atomic mass is 9.88. The number of halogens is 1. The summed E-state index contributed by atoms with van der Waals surface area (Å²) in [6.45, 7) is 8.33. The third kappa shape index (κ3) is 1.56. The molecule has 0 amide bonds. The van der Waals surface area contributed by atoms with Gasteiger partial charge in [0, 0.05) is 5.56 Å². The standard InChI is InChI=1S/C8H13ClN2/c1-5-6(8(2,3)4)7(9)11-10-5/h1-4H3,(H,10,11). The predicted octanol–water partition coefficient (Wildman–Crippen LogP) is 2.67. The molecule has 0 saturated heterocycles. The van der Waals surface area contributed by atoms with Gasteiger partial charge in [-0.05, 0) is 12.3 Å². The maximum atomic E-state index is 5.91. The summed E-state index contributed by atoms with van der Waals surface area (Å²) < 4.78 is 0. The number of nitrogens with one attached hydrogen (secondary N) is 1. The molecule has 62 valence electrons. The first-order valence-electron chi connectivity index (χ1n) is 3.64. The van der Waals surface area contributed by atoms with Crippen LogP contribution in [0.3, 0.4) is 0 Å². The highest BCUT2D eigenvalue weighted by Gasteiger charge is 2.21. The summed E-state index contributed by atoms with van der Waals surface area (Å²) in [5, 5.41) is 7.45. The highest BCUT2D eigenvalue weighted by molar-refractivity contribution is 6.30. The number of H-pyrrole nitrogens is 1. The molecule has 0 saturated carbocycles. The largest absolute Gasteiger partial charge is 0.267 e. The van der Waals surface area contributed by atoms with Crippen molar-refractivity contribution in [1.29, 1.82) is 0 Å². The van der Waals surface area contributed by atoms with Gasteiger partial charge in [-0.1, -0.05) is 32.4 Å². The van der Waals surface area contributed by atoms with Gasteiger partial charge in [-0.25, -0.2) is 0 Å². The SMILES string of the molecule is Cc1n[nH]c(Cl)c1C(C)(C)C. The fourth-order valence-electron chi connectivity index (χ4n) is 1.28. The van der Waals surface area contributed by atoms with Gasteiger partial charge in [-0.2, -0.15) is 5.10 Å². The first-order valence-corrected chi connectivity index (χ1v) is 4.01. The Morgan fingerprint density at radius 2 is 1.91 bits per heavy atom. The van der Waals surface area contributed by atoms with Crippen LogP contribution in [0, 0.1) is 6.92 Å². The normalized spacial score (nSPS) is 12.1. The smallest absolute Gasteiger partial charge is 0.128 e. The van der Waals surface area contributed by atoms with Crippen molar-refractivity contribution in [3.05, 3.63) is 16.4 Å². The maximum absolute atomic E-state index is 5.91. The molecule has 0 aliphatic rings. The summed E-state index contributed by atoms with van der Waals surface area (Å²) in [6.07, 6.45) is 0. The van der Waals surface area contributed by atoms with Crippen molar-refractivity contribution in [1.82, 2.24) is 10.2 Å². The zero-order valence-electron chi connectivity index (χ0n) is 7.33. The number of hydrogen-bond donors (Lipinski definition) is 1. The number of rotatable bonds is 0. The van der Waals surface area contributed by atoms with E-state index >= 15 is 0 Å². The lowest BCUT2D eigenvalue weighted by Gasteiger charge is -2.17. The minimum atomic E-state index is 0.0775. The molecule has 0 fully saturated rings. The Bertz CT molecular complexity index is 238. The van der Waals surface area contributed by atoms with Gasteiger partial charge in [0.15, 0.2) is 0 Å². The van der Waals surface area contributed by atoms with Crippen LogP contribution < -0.4 is 0 Å². The summed E-state index contributed by atoms with van der Waals surface area (Å²) in [6, 6.07) is 0. The minimum Gasteiger partial charge on any atom is -0.267 e. The Morgan fingerprint density at radius 1 is 1.36 bits per heavy atom.